The van der Waals surface area contributed by atoms with Gasteiger partial charge < -0.3 is 14.6 Å². The minimum absolute atomic E-state index is 0.148. The quantitative estimate of drug-likeness (QED) is 0.214. The zero-order valence-corrected chi connectivity index (χ0v) is 22.6. The molecule has 1 saturated heterocycles. The molecule has 2 amide bonds. The van der Waals surface area contributed by atoms with Crippen LogP contribution in [-0.4, -0.2) is 28.8 Å². The van der Waals surface area contributed by atoms with Gasteiger partial charge in [0.15, 0.2) is 11.5 Å². The van der Waals surface area contributed by atoms with Crippen LogP contribution in [-0.2, 0) is 11.4 Å². The summed E-state index contributed by atoms with van der Waals surface area (Å²) in [6.45, 7) is 2.38. The van der Waals surface area contributed by atoms with Crippen molar-refractivity contribution in [3.8, 4) is 11.5 Å². The number of imide groups is 1. The first-order valence-corrected chi connectivity index (χ1v) is 13.0. The Hall–Kier alpha value is -3.02. The molecule has 1 aliphatic heterocycles. The van der Waals surface area contributed by atoms with Gasteiger partial charge in [0.25, 0.3) is 11.1 Å². The van der Waals surface area contributed by atoms with Gasteiger partial charge in [-0.1, -0.05) is 29.8 Å². The summed E-state index contributed by atoms with van der Waals surface area (Å²) in [6, 6.07) is 16.6. The Morgan fingerprint density at radius 2 is 1.89 bits per heavy atom. The second-order valence-corrected chi connectivity index (χ2v) is 10.1. The smallest absolute Gasteiger partial charge is 0.335 e. The Morgan fingerprint density at radius 3 is 2.61 bits per heavy atom. The number of amides is 2. The van der Waals surface area contributed by atoms with Crippen LogP contribution in [0.5, 0.6) is 11.5 Å². The van der Waals surface area contributed by atoms with Crippen molar-refractivity contribution in [3.05, 3.63) is 90.9 Å². The fraction of sp³-hybridized carbons (Fsp3) is 0.115. The van der Waals surface area contributed by atoms with Crippen molar-refractivity contribution in [2.45, 2.75) is 13.5 Å². The number of hydrogen-bond acceptors (Lipinski definition) is 6. The first kappa shape index (κ1) is 26.1. The Balaban J connectivity index is 1.59. The topological polar surface area (TPSA) is 93.1 Å². The van der Waals surface area contributed by atoms with E-state index in [1.54, 1.807) is 54.6 Å². The van der Waals surface area contributed by atoms with Gasteiger partial charge >= 0.3 is 5.97 Å². The van der Waals surface area contributed by atoms with E-state index in [4.69, 9.17) is 21.1 Å². The number of carbonyl (C=O) groups is 3. The van der Waals surface area contributed by atoms with Gasteiger partial charge in [0, 0.05) is 5.02 Å². The average molecular weight is 636 g/mol. The molecule has 184 valence electrons. The molecule has 1 fully saturated rings. The molecule has 0 atom stereocenters. The number of hydrogen-bond donors (Lipinski definition) is 1. The maximum absolute atomic E-state index is 13.0. The van der Waals surface area contributed by atoms with Crippen molar-refractivity contribution < 1.29 is 29.0 Å². The van der Waals surface area contributed by atoms with Gasteiger partial charge in [-0.2, -0.15) is 0 Å². The number of rotatable bonds is 8. The number of carbonyl (C=O) groups excluding carboxylic acids is 2. The van der Waals surface area contributed by atoms with Crippen molar-refractivity contribution in [1.29, 1.82) is 0 Å². The summed E-state index contributed by atoms with van der Waals surface area (Å²) in [6.07, 6.45) is 1.64. The van der Waals surface area contributed by atoms with E-state index in [0.717, 1.165) is 20.2 Å². The Morgan fingerprint density at radius 1 is 1.11 bits per heavy atom. The maximum atomic E-state index is 13.0. The fourth-order valence-corrected chi connectivity index (χ4v) is 5.29. The summed E-state index contributed by atoms with van der Waals surface area (Å²) < 4.78 is 12.5. The number of ether oxygens (including phenoxy) is 2. The molecule has 0 spiro atoms. The van der Waals surface area contributed by atoms with Gasteiger partial charge in [-0.3, -0.25) is 9.59 Å². The highest BCUT2D eigenvalue weighted by molar-refractivity contribution is 14.1. The van der Waals surface area contributed by atoms with Crippen LogP contribution in [0.25, 0.3) is 6.08 Å². The molecule has 7 nitrogen and oxygen atoms in total. The lowest BCUT2D eigenvalue weighted by Gasteiger charge is -2.15. The lowest BCUT2D eigenvalue weighted by atomic mass is 10.1. The fourth-order valence-electron chi connectivity index (χ4n) is 3.48. The average Bonchev–Trinajstić information content (AvgIpc) is 3.11. The van der Waals surface area contributed by atoms with Gasteiger partial charge in [0.05, 0.1) is 26.3 Å². The molecule has 36 heavy (non-hydrogen) atoms. The van der Waals surface area contributed by atoms with Gasteiger partial charge in [-0.25, -0.2) is 9.69 Å². The highest BCUT2D eigenvalue weighted by Crippen LogP contribution is 2.39. The SMILES string of the molecule is CCOc1cc(/C=C2/SC(=O)N(c3cccc(Cl)c3)C2=O)cc(I)c1OCc1cccc(C(=O)O)c1. The van der Waals surface area contributed by atoms with Crippen LogP contribution in [0.15, 0.2) is 65.6 Å². The minimum Gasteiger partial charge on any atom is -0.490 e. The van der Waals surface area contributed by atoms with Crippen LogP contribution in [0.4, 0.5) is 10.5 Å². The predicted octanol–water partition coefficient (Wildman–Crippen LogP) is 6.86. The molecule has 1 aliphatic rings. The van der Waals surface area contributed by atoms with E-state index in [0.29, 0.717) is 39.9 Å². The summed E-state index contributed by atoms with van der Waals surface area (Å²) >= 11 is 8.99. The Kier molecular flexibility index (Phi) is 8.22. The first-order chi connectivity index (χ1) is 17.3. The lowest BCUT2D eigenvalue weighted by molar-refractivity contribution is -0.113. The third-order valence-corrected chi connectivity index (χ3v) is 6.95. The van der Waals surface area contributed by atoms with Crippen molar-refractivity contribution in [1.82, 2.24) is 0 Å². The van der Waals surface area contributed by atoms with Crippen LogP contribution in [0, 0.1) is 3.57 Å². The van der Waals surface area contributed by atoms with E-state index >= 15 is 0 Å². The zero-order chi connectivity index (χ0) is 25.8. The number of anilines is 1. The van der Waals surface area contributed by atoms with Gasteiger partial charge in [0.2, 0.25) is 0 Å². The largest absolute Gasteiger partial charge is 0.490 e. The maximum Gasteiger partial charge on any atom is 0.335 e. The monoisotopic (exact) mass is 635 g/mol. The Labute approximate surface area is 230 Å². The van der Waals surface area contributed by atoms with Crippen molar-refractivity contribution in [2.24, 2.45) is 0 Å². The minimum atomic E-state index is -1.01. The molecule has 0 aliphatic carbocycles. The summed E-state index contributed by atoms with van der Waals surface area (Å²) in [4.78, 5) is 38.2. The molecule has 3 aromatic rings. The summed E-state index contributed by atoms with van der Waals surface area (Å²) in [7, 11) is 0. The second kappa shape index (κ2) is 11.4. The number of aromatic carboxylic acids is 1. The number of nitrogens with zero attached hydrogens (tertiary/aromatic N) is 1. The summed E-state index contributed by atoms with van der Waals surface area (Å²) in [5.41, 5.74) is 1.96. The molecule has 3 aromatic carbocycles. The van der Waals surface area contributed by atoms with E-state index in [9.17, 15) is 19.5 Å². The van der Waals surface area contributed by atoms with E-state index in [-0.39, 0.29) is 17.1 Å². The van der Waals surface area contributed by atoms with E-state index in [1.807, 2.05) is 13.0 Å². The number of benzene rings is 3. The Bertz CT molecular complexity index is 1390. The third kappa shape index (κ3) is 5.85. The van der Waals surface area contributed by atoms with Crippen LogP contribution in [0.2, 0.25) is 5.02 Å². The molecule has 1 heterocycles. The summed E-state index contributed by atoms with van der Waals surface area (Å²) in [5.74, 6) is -0.467. The van der Waals surface area contributed by atoms with E-state index in [1.165, 1.54) is 6.07 Å². The van der Waals surface area contributed by atoms with Crippen LogP contribution >= 0.6 is 46.0 Å². The molecular weight excluding hydrogens is 617 g/mol. The molecule has 10 heteroatoms. The molecule has 0 saturated carbocycles. The van der Waals surface area contributed by atoms with Crippen LogP contribution < -0.4 is 14.4 Å². The number of thioether (sulfide) groups is 1. The van der Waals surface area contributed by atoms with Gasteiger partial charge in [0.1, 0.15) is 6.61 Å². The van der Waals surface area contributed by atoms with Crippen LogP contribution in [0.1, 0.15) is 28.4 Å². The molecule has 0 bridgehead atoms. The number of carboxylic acid groups (broad SMARTS) is 1. The summed E-state index contributed by atoms with van der Waals surface area (Å²) in [5, 5.41) is 9.23. The second-order valence-electron chi connectivity index (χ2n) is 7.55. The molecule has 1 N–H and O–H groups in total. The van der Waals surface area contributed by atoms with Crippen LogP contribution in [0.3, 0.4) is 0 Å². The number of halogens is 2. The highest BCUT2D eigenvalue weighted by Gasteiger charge is 2.36. The normalized spacial score (nSPS) is 14.4. The van der Waals surface area contributed by atoms with E-state index < -0.39 is 17.1 Å². The zero-order valence-electron chi connectivity index (χ0n) is 18.9. The molecule has 0 aromatic heterocycles. The third-order valence-electron chi connectivity index (χ3n) is 5.05. The molecule has 0 unspecified atom stereocenters. The first-order valence-electron chi connectivity index (χ1n) is 10.7. The molecule has 4 rings (SSSR count). The standard InChI is InChI=1S/C26H19ClINO6S/c1-2-34-21-11-16(10-20(28)23(21)35-14-15-5-3-6-17(9-15)25(31)32)12-22-24(30)29(26(33)36-22)19-8-4-7-18(27)13-19/h3-13H,2,14H2,1H3,(H,31,32)/b22-12+. The number of carboxylic acids is 1. The van der Waals surface area contributed by atoms with E-state index in [2.05, 4.69) is 22.6 Å². The van der Waals surface area contributed by atoms with Crippen molar-refractivity contribution in [2.75, 3.05) is 11.5 Å². The van der Waals surface area contributed by atoms with Crippen molar-refractivity contribution in [3.63, 3.8) is 0 Å². The lowest BCUT2D eigenvalue weighted by Crippen LogP contribution is -2.27. The van der Waals surface area contributed by atoms with Gasteiger partial charge in [-0.05, 0) is 101 Å². The molecular formula is C26H19ClINO6S. The van der Waals surface area contributed by atoms with Gasteiger partial charge in [-0.15, -0.1) is 0 Å². The molecule has 0 radical (unpaired) electrons. The highest BCUT2D eigenvalue weighted by atomic mass is 127. The van der Waals surface area contributed by atoms with Crippen molar-refractivity contribution >= 4 is 74.8 Å². The predicted molar refractivity (Wildman–Crippen MR) is 148 cm³/mol.